The summed E-state index contributed by atoms with van der Waals surface area (Å²) in [6.45, 7) is 2.69. The van der Waals surface area contributed by atoms with Gasteiger partial charge in [-0.2, -0.15) is 0 Å². The van der Waals surface area contributed by atoms with Gasteiger partial charge in [0.05, 0.1) is 0 Å². The quantitative estimate of drug-likeness (QED) is 0.679. The molecule has 0 aromatic heterocycles. The van der Waals surface area contributed by atoms with Crippen molar-refractivity contribution in [3.8, 4) is 0 Å². The van der Waals surface area contributed by atoms with E-state index in [1.165, 1.54) is 5.56 Å². The third kappa shape index (κ3) is 3.31. The van der Waals surface area contributed by atoms with Crippen LogP contribution in [0.15, 0.2) is 30.3 Å². The second-order valence-corrected chi connectivity index (χ2v) is 3.11. The predicted octanol–water partition coefficient (Wildman–Crippen LogP) is 1.94. The van der Waals surface area contributed by atoms with Crippen molar-refractivity contribution in [2.24, 2.45) is 0 Å². The minimum absolute atomic E-state index is 0.716. The first-order valence-corrected chi connectivity index (χ1v) is 4.60. The van der Waals surface area contributed by atoms with Gasteiger partial charge in [-0.15, -0.1) is 0 Å². The Balaban J connectivity index is 2.47. The predicted molar refractivity (Wildman–Crippen MR) is 46.8 cm³/mol. The topological polar surface area (TPSA) is 9.23 Å². The van der Waals surface area contributed by atoms with Crippen LogP contribution in [0.4, 0.5) is 0 Å². The Morgan fingerprint density at radius 1 is 1.33 bits per heavy atom. The fourth-order valence-electron chi connectivity index (χ4n) is 0.964. The van der Waals surface area contributed by atoms with Crippen molar-refractivity contribution in [2.75, 3.05) is 6.61 Å². The molecule has 0 spiro atoms. The van der Waals surface area contributed by atoms with Gasteiger partial charge in [-0.25, -0.2) is 0 Å². The molecule has 0 atom stereocenters. The molecule has 0 heterocycles. The van der Waals surface area contributed by atoms with Crippen LogP contribution in [0.2, 0.25) is 0 Å². The van der Waals surface area contributed by atoms with Gasteiger partial charge in [0.15, 0.2) is 0 Å². The number of ether oxygens (including phenoxy) is 1. The van der Waals surface area contributed by atoms with E-state index in [4.69, 9.17) is 4.74 Å². The molecule has 0 amide bonds. The molecule has 0 fully saturated rings. The molecule has 0 N–H and O–H groups in total. The average Bonchev–Trinajstić information content (AvgIpc) is 2.06. The van der Waals surface area contributed by atoms with Crippen LogP contribution >= 0.6 is 0 Å². The molecule has 0 aliphatic heterocycles. The van der Waals surface area contributed by atoms with Crippen molar-refractivity contribution in [3.63, 3.8) is 0 Å². The van der Waals surface area contributed by atoms with Crippen LogP contribution in [-0.4, -0.2) is 11.2 Å². The van der Waals surface area contributed by atoms with Crippen molar-refractivity contribution in [1.29, 1.82) is 0 Å². The van der Waals surface area contributed by atoms with Gasteiger partial charge in [0, 0.05) is 0 Å². The number of benzene rings is 1. The Hall–Kier alpha value is -0.431. The van der Waals surface area contributed by atoms with E-state index >= 15 is 0 Å². The van der Waals surface area contributed by atoms with Crippen LogP contribution in [-0.2, 0) is 26.7 Å². The Bertz CT molecular complexity index is 243. The van der Waals surface area contributed by atoms with Crippen LogP contribution in [0.25, 0.3) is 0 Å². The van der Waals surface area contributed by atoms with Crippen molar-refractivity contribution in [1.82, 2.24) is 0 Å². The van der Waals surface area contributed by atoms with Crippen molar-refractivity contribution in [2.45, 2.75) is 13.3 Å². The first-order valence-electron chi connectivity index (χ1n) is 4.01. The van der Waals surface area contributed by atoms with Gasteiger partial charge in [-0.3, -0.25) is 0 Å². The summed E-state index contributed by atoms with van der Waals surface area (Å²) in [5.74, 6) is 0. The summed E-state index contributed by atoms with van der Waals surface area (Å²) in [7, 11) is 0. The van der Waals surface area contributed by atoms with Gasteiger partial charge in [-0.05, 0) is 0 Å². The van der Waals surface area contributed by atoms with Gasteiger partial charge >= 0.3 is 80.8 Å². The molecule has 0 saturated carbocycles. The Morgan fingerprint density at radius 3 is 2.58 bits per heavy atom. The van der Waals surface area contributed by atoms with E-state index in [2.05, 4.69) is 27.7 Å². The van der Waals surface area contributed by atoms with Crippen LogP contribution in [0, 0.1) is 0 Å². The molecule has 0 aliphatic rings. The fourth-order valence-corrected chi connectivity index (χ4v) is 1.38. The molecule has 65 valence electrons. The molecule has 0 unspecified atom stereocenters. The molecule has 1 rings (SSSR count). The molecule has 1 aromatic rings. The number of hydrogen-bond donors (Lipinski definition) is 0. The van der Waals surface area contributed by atoms with Gasteiger partial charge < -0.3 is 0 Å². The van der Waals surface area contributed by atoms with Gasteiger partial charge in [0.25, 0.3) is 0 Å². The number of hydrogen-bond acceptors (Lipinski definition) is 1. The minimum atomic E-state index is 0.716. The molecular weight excluding hydrogens is 191 g/mol. The van der Waals surface area contributed by atoms with Gasteiger partial charge in [0.1, 0.15) is 0 Å². The van der Waals surface area contributed by atoms with E-state index in [1.54, 1.807) is 0 Å². The maximum atomic E-state index is 5.28. The van der Waals surface area contributed by atoms with E-state index in [0.717, 1.165) is 11.0 Å². The molecule has 12 heavy (non-hydrogen) atoms. The van der Waals surface area contributed by atoms with Crippen LogP contribution in [0.1, 0.15) is 12.5 Å². The molecule has 2 heteroatoms. The SMILES string of the molecule is CCO[C](=[Mn])Cc1ccccc1. The van der Waals surface area contributed by atoms with E-state index in [9.17, 15) is 0 Å². The van der Waals surface area contributed by atoms with Crippen LogP contribution in [0.3, 0.4) is 0 Å². The summed E-state index contributed by atoms with van der Waals surface area (Å²) in [5.41, 5.74) is 1.26. The summed E-state index contributed by atoms with van der Waals surface area (Å²) in [6.07, 6.45) is 0.842. The zero-order chi connectivity index (χ0) is 8.81. The number of rotatable bonds is 4. The summed E-state index contributed by atoms with van der Waals surface area (Å²) in [5, 5.41) is 0. The summed E-state index contributed by atoms with van der Waals surface area (Å²) >= 11 is 3.37. The molecule has 0 bridgehead atoms. The Kier molecular flexibility index (Phi) is 4.23. The average molecular weight is 203 g/mol. The van der Waals surface area contributed by atoms with Crippen molar-refractivity contribution in [3.05, 3.63) is 35.9 Å². The third-order valence-corrected chi connectivity index (χ3v) is 1.87. The van der Waals surface area contributed by atoms with Gasteiger partial charge in [0.2, 0.25) is 0 Å². The second kappa shape index (κ2) is 5.26. The fraction of sp³-hybridized carbons (Fsp3) is 0.300. The molecule has 0 saturated heterocycles. The first kappa shape index (κ1) is 9.66. The standard InChI is InChI=1S/C10H12O.Mn/c1-2-11-9-8-10-6-4-3-5-7-10;/h3-7H,2,8H2,1H3;. The molecule has 1 nitrogen and oxygen atoms in total. The van der Waals surface area contributed by atoms with E-state index < -0.39 is 0 Å². The van der Waals surface area contributed by atoms with E-state index in [1.807, 2.05) is 25.1 Å². The zero-order valence-electron chi connectivity index (χ0n) is 7.09. The normalized spacial score (nSPS) is 9.75. The summed E-state index contributed by atoms with van der Waals surface area (Å²) in [4.78, 5) is 0. The van der Waals surface area contributed by atoms with Gasteiger partial charge in [-0.1, -0.05) is 0 Å². The summed E-state index contributed by atoms with van der Waals surface area (Å²) < 4.78 is 6.18. The van der Waals surface area contributed by atoms with Crippen molar-refractivity contribution >= 4 is 4.60 Å². The van der Waals surface area contributed by atoms with Crippen molar-refractivity contribution < 1.29 is 20.3 Å². The monoisotopic (exact) mass is 203 g/mol. The molecule has 0 radical (unpaired) electrons. The molecular formula is C10H12MnO. The first-order chi connectivity index (χ1) is 5.83. The summed E-state index contributed by atoms with van der Waals surface area (Å²) in [6, 6.07) is 10.2. The van der Waals surface area contributed by atoms with Crippen LogP contribution < -0.4 is 0 Å². The molecule has 0 aliphatic carbocycles. The van der Waals surface area contributed by atoms with Crippen LogP contribution in [0.5, 0.6) is 0 Å². The van der Waals surface area contributed by atoms with E-state index in [0.29, 0.717) is 6.61 Å². The zero-order valence-corrected chi connectivity index (χ0v) is 8.27. The third-order valence-electron chi connectivity index (χ3n) is 1.49. The Morgan fingerprint density at radius 2 is 2.00 bits per heavy atom. The second-order valence-electron chi connectivity index (χ2n) is 2.45. The Labute approximate surface area is 81.1 Å². The molecule has 1 aromatic carbocycles. The maximum absolute atomic E-state index is 5.28. The van der Waals surface area contributed by atoms with E-state index in [-0.39, 0.29) is 0 Å².